The molecule has 1 aromatic carbocycles. The highest BCUT2D eigenvalue weighted by Gasteiger charge is 2.20. The van der Waals surface area contributed by atoms with Crippen LogP contribution in [0.3, 0.4) is 0 Å². The fraction of sp³-hybridized carbons (Fsp3) is 0.647. The van der Waals surface area contributed by atoms with Gasteiger partial charge in [0.15, 0.2) is 0 Å². The van der Waals surface area contributed by atoms with Crippen LogP contribution in [0, 0.1) is 6.92 Å². The second-order valence-corrected chi connectivity index (χ2v) is 6.33. The van der Waals surface area contributed by atoms with E-state index in [-0.39, 0.29) is 6.61 Å². The number of nitrogens with zero attached hydrogens (tertiary/aromatic N) is 2. The minimum absolute atomic E-state index is 0.266. The van der Waals surface area contributed by atoms with Crippen molar-refractivity contribution in [3.8, 4) is 0 Å². The summed E-state index contributed by atoms with van der Waals surface area (Å²) >= 11 is 0. The molecule has 0 atom stereocenters. The van der Waals surface area contributed by atoms with Gasteiger partial charge < -0.3 is 15.3 Å². The summed E-state index contributed by atoms with van der Waals surface area (Å²) in [6, 6.07) is 7.63. The van der Waals surface area contributed by atoms with E-state index in [9.17, 15) is 0 Å². The van der Waals surface area contributed by atoms with Crippen LogP contribution in [0.15, 0.2) is 18.2 Å². The highest BCUT2D eigenvalue weighted by molar-refractivity contribution is 5.54. The third-order valence-corrected chi connectivity index (χ3v) is 4.56. The molecule has 4 nitrogen and oxygen atoms in total. The van der Waals surface area contributed by atoms with Crippen molar-refractivity contribution in [1.29, 1.82) is 0 Å². The molecule has 4 heteroatoms. The van der Waals surface area contributed by atoms with E-state index in [2.05, 4.69) is 40.2 Å². The van der Waals surface area contributed by atoms with Crippen LogP contribution in [0.1, 0.15) is 24.0 Å². The van der Waals surface area contributed by atoms with Gasteiger partial charge in [-0.2, -0.15) is 0 Å². The number of rotatable bonds is 6. The maximum Gasteiger partial charge on any atom is 0.0558 e. The largest absolute Gasteiger partial charge is 0.395 e. The van der Waals surface area contributed by atoms with E-state index >= 15 is 0 Å². The SMILES string of the molecule is Cc1cc(CNC2CC2)ccc1N1CCN(CCO)CC1. The number of hydrogen-bond donors (Lipinski definition) is 2. The van der Waals surface area contributed by atoms with E-state index in [4.69, 9.17) is 5.11 Å². The number of benzene rings is 1. The van der Waals surface area contributed by atoms with Gasteiger partial charge in [0.25, 0.3) is 0 Å². The third-order valence-electron chi connectivity index (χ3n) is 4.56. The van der Waals surface area contributed by atoms with E-state index in [1.807, 2.05) is 0 Å². The first-order valence-electron chi connectivity index (χ1n) is 8.17. The van der Waals surface area contributed by atoms with Gasteiger partial charge in [-0.25, -0.2) is 0 Å². The van der Waals surface area contributed by atoms with E-state index in [0.717, 1.165) is 45.3 Å². The van der Waals surface area contributed by atoms with E-state index in [0.29, 0.717) is 0 Å². The molecule has 0 amide bonds. The van der Waals surface area contributed by atoms with Gasteiger partial charge in [0.1, 0.15) is 0 Å². The van der Waals surface area contributed by atoms with Gasteiger partial charge in [-0.05, 0) is 37.0 Å². The minimum Gasteiger partial charge on any atom is -0.395 e. The Kier molecular flexibility index (Phi) is 4.78. The smallest absolute Gasteiger partial charge is 0.0558 e. The molecule has 2 aliphatic rings. The van der Waals surface area contributed by atoms with Crippen LogP contribution in [0.4, 0.5) is 5.69 Å². The molecule has 3 rings (SSSR count). The molecule has 1 saturated heterocycles. The Morgan fingerprint density at radius 1 is 1.19 bits per heavy atom. The molecule has 1 aromatic rings. The zero-order valence-corrected chi connectivity index (χ0v) is 13.0. The number of β-amino-alcohol motifs (C(OH)–C–C–N with tert-alkyl or cyclic N) is 1. The number of aryl methyl sites for hydroxylation is 1. The Balaban J connectivity index is 1.57. The summed E-state index contributed by atoms with van der Waals surface area (Å²) in [4.78, 5) is 4.81. The standard InChI is InChI=1S/C17H27N3O/c1-14-12-15(13-18-16-3-4-16)2-5-17(14)20-8-6-19(7-9-20)10-11-21/h2,5,12,16,18,21H,3-4,6-11,13H2,1H3. The van der Waals surface area contributed by atoms with Crippen LogP contribution < -0.4 is 10.2 Å². The van der Waals surface area contributed by atoms with E-state index in [1.54, 1.807) is 0 Å². The van der Waals surface area contributed by atoms with Gasteiger partial charge in [0, 0.05) is 51.0 Å². The zero-order valence-electron chi connectivity index (χ0n) is 13.0. The average molecular weight is 289 g/mol. The highest BCUT2D eigenvalue weighted by Crippen LogP contribution is 2.24. The van der Waals surface area contributed by atoms with Crippen LogP contribution in [0.2, 0.25) is 0 Å². The third kappa shape index (κ3) is 3.96. The Morgan fingerprint density at radius 3 is 2.57 bits per heavy atom. The van der Waals surface area contributed by atoms with Crippen LogP contribution >= 0.6 is 0 Å². The normalized spacial score (nSPS) is 20.0. The van der Waals surface area contributed by atoms with E-state index < -0.39 is 0 Å². The number of aliphatic hydroxyl groups excluding tert-OH is 1. The molecule has 0 spiro atoms. The molecule has 0 radical (unpaired) electrons. The first-order chi connectivity index (χ1) is 10.3. The van der Waals surface area contributed by atoms with Crippen molar-refractivity contribution in [3.05, 3.63) is 29.3 Å². The molecule has 21 heavy (non-hydrogen) atoms. The molecule has 0 unspecified atom stereocenters. The molecule has 2 fully saturated rings. The van der Waals surface area contributed by atoms with Crippen LogP contribution in [-0.2, 0) is 6.54 Å². The summed E-state index contributed by atoms with van der Waals surface area (Å²) in [5, 5.41) is 12.6. The molecule has 116 valence electrons. The molecule has 0 aromatic heterocycles. The lowest BCUT2D eigenvalue weighted by molar-refractivity contribution is 0.188. The summed E-state index contributed by atoms with van der Waals surface area (Å²) < 4.78 is 0. The number of hydrogen-bond acceptors (Lipinski definition) is 4. The topological polar surface area (TPSA) is 38.7 Å². The Hall–Kier alpha value is -1.10. The lowest BCUT2D eigenvalue weighted by Crippen LogP contribution is -2.47. The summed E-state index contributed by atoms with van der Waals surface area (Å²) in [6.07, 6.45) is 2.68. The summed E-state index contributed by atoms with van der Waals surface area (Å²) in [7, 11) is 0. The summed E-state index contributed by atoms with van der Waals surface area (Å²) in [5.41, 5.74) is 4.14. The Bertz CT molecular complexity index is 465. The molecule has 1 heterocycles. The maximum absolute atomic E-state index is 9.01. The first kappa shape index (κ1) is 14.8. The van der Waals surface area contributed by atoms with Gasteiger partial charge in [0.2, 0.25) is 0 Å². The number of anilines is 1. The van der Waals surface area contributed by atoms with Crippen molar-refractivity contribution < 1.29 is 5.11 Å². The number of nitrogens with one attached hydrogen (secondary N) is 1. The Morgan fingerprint density at radius 2 is 1.95 bits per heavy atom. The zero-order chi connectivity index (χ0) is 14.7. The molecule has 1 saturated carbocycles. The average Bonchev–Trinajstić information content (AvgIpc) is 3.31. The van der Waals surface area contributed by atoms with Crippen LogP contribution in [0.5, 0.6) is 0 Å². The molecule has 2 N–H and O–H groups in total. The lowest BCUT2D eigenvalue weighted by atomic mass is 10.1. The van der Waals surface area contributed by atoms with Gasteiger partial charge in [0.05, 0.1) is 6.61 Å². The second kappa shape index (κ2) is 6.77. The van der Waals surface area contributed by atoms with Gasteiger partial charge >= 0.3 is 0 Å². The van der Waals surface area contributed by atoms with Gasteiger partial charge in [-0.3, -0.25) is 4.90 Å². The van der Waals surface area contributed by atoms with Crippen molar-refractivity contribution in [2.45, 2.75) is 32.4 Å². The molecular formula is C17H27N3O. The minimum atomic E-state index is 0.266. The molecule has 1 aliphatic carbocycles. The van der Waals surface area contributed by atoms with Gasteiger partial charge in [-0.1, -0.05) is 12.1 Å². The predicted molar refractivity (Wildman–Crippen MR) is 86.8 cm³/mol. The maximum atomic E-state index is 9.01. The predicted octanol–water partition coefficient (Wildman–Crippen LogP) is 1.36. The summed E-state index contributed by atoms with van der Waals surface area (Å²) in [6.45, 7) is 8.49. The van der Waals surface area contributed by atoms with Crippen molar-refractivity contribution in [2.75, 3.05) is 44.2 Å². The van der Waals surface area contributed by atoms with Crippen LogP contribution in [-0.4, -0.2) is 55.4 Å². The van der Waals surface area contributed by atoms with Crippen molar-refractivity contribution >= 4 is 5.69 Å². The van der Waals surface area contributed by atoms with Crippen molar-refractivity contribution in [3.63, 3.8) is 0 Å². The quantitative estimate of drug-likeness (QED) is 0.829. The number of piperazine rings is 1. The van der Waals surface area contributed by atoms with Gasteiger partial charge in [-0.15, -0.1) is 0 Å². The molecule has 1 aliphatic heterocycles. The van der Waals surface area contributed by atoms with Crippen molar-refractivity contribution in [1.82, 2.24) is 10.2 Å². The van der Waals surface area contributed by atoms with Crippen molar-refractivity contribution in [2.24, 2.45) is 0 Å². The monoisotopic (exact) mass is 289 g/mol. The lowest BCUT2D eigenvalue weighted by Gasteiger charge is -2.36. The van der Waals surface area contributed by atoms with Crippen LogP contribution in [0.25, 0.3) is 0 Å². The van der Waals surface area contributed by atoms with E-state index in [1.165, 1.54) is 29.7 Å². The number of aliphatic hydroxyl groups is 1. The Labute approximate surface area is 127 Å². The summed E-state index contributed by atoms with van der Waals surface area (Å²) in [5.74, 6) is 0. The second-order valence-electron chi connectivity index (χ2n) is 6.33. The fourth-order valence-electron chi connectivity index (χ4n) is 3.09. The molecule has 0 bridgehead atoms. The fourth-order valence-corrected chi connectivity index (χ4v) is 3.09. The highest BCUT2D eigenvalue weighted by atomic mass is 16.3. The molecular weight excluding hydrogens is 262 g/mol. The first-order valence-corrected chi connectivity index (χ1v) is 8.17.